The van der Waals surface area contributed by atoms with Crippen LogP contribution < -0.4 is 20.3 Å². The zero-order valence-corrected chi connectivity index (χ0v) is 13.2. The number of amides is 2. The first-order valence-corrected chi connectivity index (χ1v) is 7.20. The first kappa shape index (κ1) is 16.6. The first-order chi connectivity index (χ1) is 10.1. The fourth-order valence-electron chi connectivity index (χ4n) is 2.68. The number of halogens is 1. The molecular weight excluding hydrogens is 306 g/mol. The SMILES string of the molecule is CN1C(=O)COc2ccc(NC(=O)C3CCNCC3)cc21.Cl. The van der Waals surface area contributed by atoms with Crippen LogP contribution in [0, 0.1) is 5.92 Å². The minimum Gasteiger partial charge on any atom is -0.482 e. The Balaban J connectivity index is 0.00000176. The van der Waals surface area contributed by atoms with E-state index in [1.54, 1.807) is 30.1 Å². The second-order valence-electron chi connectivity index (χ2n) is 5.44. The van der Waals surface area contributed by atoms with Gasteiger partial charge in [-0.2, -0.15) is 0 Å². The predicted molar refractivity (Wildman–Crippen MR) is 86.8 cm³/mol. The van der Waals surface area contributed by atoms with Crippen molar-refractivity contribution in [1.29, 1.82) is 0 Å². The number of hydrogen-bond donors (Lipinski definition) is 2. The van der Waals surface area contributed by atoms with Crippen LogP contribution in [-0.2, 0) is 9.59 Å². The van der Waals surface area contributed by atoms with Gasteiger partial charge < -0.3 is 20.3 Å². The first-order valence-electron chi connectivity index (χ1n) is 7.20. The number of nitrogens with one attached hydrogen (secondary N) is 2. The van der Waals surface area contributed by atoms with Gasteiger partial charge in [-0.15, -0.1) is 12.4 Å². The molecule has 1 aromatic carbocycles. The van der Waals surface area contributed by atoms with Gasteiger partial charge in [0.05, 0.1) is 5.69 Å². The molecule has 0 bridgehead atoms. The van der Waals surface area contributed by atoms with Crippen molar-refractivity contribution < 1.29 is 14.3 Å². The Morgan fingerprint density at radius 2 is 2.09 bits per heavy atom. The van der Waals surface area contributed by atoms with Crippen LogP contribution in [0.3, 0.4) is 0 Å². The summed E-state index contributed by atoms with van der Waals surface area (Å²) in [6, 6.07) is 5.38. The summed E-state index contributed by atoms with van der Waals surface area (Å²) in [7, 11) is 1.71. The van der Waals surface area contributed by atoms with E-state index in [9.17, 15) is 9.59 Å². The van der Waals surface area contributed by atoms with Gasteiger partial charge in [-0.1, -0.05) is 0 Å². The Morgan fingerprint density at radius 3 is 2.82 bits per heavy atom. The summed E-state index contributed by atoms with van der Waals surface area (Å²) in [6.45, 7) is 1.82. The number of piperidine rings is 1. The van der Waals surface area contributed by atoms with Gasteiger partial charge in [-0.25, -0.2) is 0 Å². The molecular formula is C15H20ClN3O3. The molecule has 2 N–H and O–H groups in total. The summed E-state index contributed by atoms with van der Waals surface area (Å²) < 4.78 is 5.37. The summed E-state index contributed by atoms with van der Waals surface area (Å²) in [5, 5.41) is 6.18. The maximum Gasteiger partial charge on any atom is 0.264 e. The molecule has 1 saturated heterocycles. The van der Waals surface area contributed by atoms with Gasteiger partial charge in [0, 0.05) is 18.7 Å². The molecule has 2 aliphatic heterocycles. The average Bonchev–Trinajstić information content (AvgIpc) is 2.52. The van der Waals surface area contributed by atoms with Gasteiger partial charge >= 0.3 is 0 Å². The molecule has 7 heteroatoms. The van der Waals surface area contributed by atoms with Crippen molar-refractivity contribution in [3.63, 3.8) is 0 Å². The summed E-state index contributed by atoms with van der Waals surface area (Å²) in [4.78, 5) is 25.4. The summed E-state index contributed by atoms with van der Waals surface area (Å²) in [6.07, 6.45) is 1.72. The molecule has 0 saturated carbocycles. The third-order valence-electron chi connectivity index (χ3n) is 4.02. The van der Waals surface area contributed by atoms with Crippen molar-refractivity contribution in [1.82, 2.24) is 5.32 Å². The van der Waals surface area contributed by atoms with E-state index in [0.717, 1.165) is 25.9 Å². The zero-order chi connectivity index (χ0) is 14.8. The molecule has 0 unspecified atom stereocenters. The lowest BCUT2D eigenvalue weighted by Gasteiger charge is -2.27. The van der Waals surface area contributed by atoms with E-state index in [4.69, 9.17) is 4.74 Å². The fourth-order valence-corrected chi connectivity index (χ4v) is 2.68. The van der Waals surface area contributed by atoms with Crippen molar-refractivity contribution in [3.05, 3.63) is 18.2 Å². The highest BCUT2D eigenvalue weighted by Gasteiger charge is 2.24. The lowest BCUT2D eigenvalue weighted by Crippen LogP contribution is -2.36. The monoisotopic (exact) mass is 325 g/mol. The topological polar surface area (TPSA) is 70.7 Å². The smallest absolute Gasteiger partial charge is 0.264 e. The largest absolute Gasteiger partial charge is 0.482 e. The predicted octanol–water partition coefficient (Wildman–Crippen LogP) is 1.40. The molecule has 2 amide bonds. The van der Waals surface area contributed by atoms with Crippen LogP contribution in [0.4, 0.5) is 11.4 Å². The molecule has 120 valence electrons. The van der Waals surface area contributed by atoms with Crippen molar-refractivity contribution in [2.45, 2.75) is 12.8 Å². The average molecular weight is 326 g/mol. The van der Waals surface area contributed by atoms with Crippen LogP contribution >= 0.6 is 12.4 Å². The van der Waals surface area contributed by atoms with Gasteiger partial charge in [0.2, 0.25) is 5.91 Å². The van der Waals surface area contributed by atoms with Crippen molar-refractivity contribution in [2.75, 3.05) is 37.0 Å². The van der Waals surface area contributed by atoms with Crippen molar-refractivity contribution in [3.8, 4) is 5.75 Å². The Hall–Kier alpha value is -1.79. The maximum atomic E-state index is 12.2. The third kappa shape index (κ3) is 3.34. The third-order valence-corrected chi connectivity index (χ3v) is 4.02. The summed E-state index contributed by atoms with van der Waals surface area (Å²) in [5.74, 6) is 0.668. The van der Waals surface area contributed by atoms with Gasteiger partial charge in [-0.05, 0) is 44.1 Å². The molecule has 22 heavy (non-hydrogen) atoms. The number of benzene rings is 1. The van der Waals surface area contributed by atoms with Crippen LogP contribution in [0.2, 0.25) is 0 Å². The number of nitrogens with zero attached hydrogens (tertiary/aromatic N) is 1. The molecule has 3 rings (SSSR count). The molecule has 2 heterocycles. The second kappa shape index (κ2) is 6.98. The highest BCUT2D eigenvalue weighted by Crippen LogP contribution is 2.33. The van der Waals surface area contributed by atoms with Crippen LogP contribution in [0.15, 0.2) is 18.2 Å². The van der Waals surface area contributed by atoms with E-state index in [1.807, 2.05) is 0 Å². The van der Waals surface area contributed by atoms with E-state index >= 15 is 0 Å². The van der Waals surface area contributed by atoms with E-state index in [2.05, 4.69) is 10.6 Å². The normalized spacial score (nSPS) is 18.0. The van der Waals surface area contributed by atoms with Crippen LogP contribution in [0.5, 0.6) is 5.75 Å². The number of carbonyl (C=O) groups is 2. The number of anilines is 2. The number of ether oxygens (including phenoxy) is 1. The highest BCUT2D eigenvalue weighted by atomic mass is 35.5. The molecule has 0 aliphatic carbocycles. The van der Waals surface area contributed by atoms with Crippen LogP contribution in [0.1, 0.15) is 12.8 Å². The standard InChI is InChI=1S/C15H19N3O3.ClH/c1-18-12-8-11(2-3-13(12)21-9-14(18)19)17-15(20)10-4-6-16-7-5-10;/h2-3,8,10,16H,4-7,9H2,1H3,(H,17,20);1H. The van der Waals surface area contributed by atoms with Gasteiger partial charge in [0.25, 0.3) is 5.91 Å². The van der Waals surface area contributed by atoms with Gasteiger partial charge in [-0.3, -0.25) is 9.59 Å². The molecule has 0 atom stereocenters. The fraction of sp³-hybridized carbons (Fsp3) is 0.467. The van der Waals surface area contributed by atoms with Crippen molar-refractivity contribution in [2.24, 2.45) is 5.92 Å². The molecule has 0 spiro atoms. The minimum atomic E-state index is -0.0932. The Labute approximate surface area is 135 Å². The maximum absolute atomic E-state index is 12.2. The highest BCUT2D eigenvalue weighted by molar-refractivity contribution is 5.99. The van der Waals surface area contributed by atoms with Crippen LogP contribution in [-0.4, -0.2) is 38.6 Å². The quantitative estimate of drug-likeness (QED) is 0.862. The lowest BCUT2D eigenvalue weighted by molar-refractivity contribution is -0.121. The molecule has 2 aliphatic rings. The number of rotatable bonds is 2. The zero-order valence-electron chi connectivity index (χ0n) is 12.4. The number of likely N-dealkylation sites (N-methyl/N-ethyl adjacent to an activating group) is 1. The van der Waals surface area contributed by atoms with Crippen LogP contribution in [0.25, 0.3) is 0 Å². The van der Waals surface area contributed by atoms with Gasteiger partial charge in [0.15, 0.2) is 6.61 Å². The molecule has 1 aromatic rings. The molecule has 0 aromatic heterocycles. The van der Waals surface area contributed by atoms with E-state index in [-0.39, 0.29) is 36.7 Å². The van der Waals surface area contributed by atoms with E-state index in [0.29, 0.717) is 17.1 Å². The molecule has 6 nitrogen and oxygen atoms in total. The number of hydrogen-bond acceptors (Lipinski definition) is 4. The lowest BCUT2D eigenvalue weighted by atomic mass is 9.97. The number of carbonyl (C=O) groups excluding carboxylic acids is 2. The summed E-state index contributed by atoms with van der Waals surface area (Å²) in [5.41, 5.74) is 1.39. The minimum absolute atomic E-state index is 0. The Morgan fingerprint density at radius 1 is 1.36 bits per heavy atom. The Bertz CT molecular complexity index is 573. The molecule has 0 radical (unpaired) electrons. The van der Waals surface area contributed by atoms with Gasteiger partial charge in [0.1, 0.15) is 5.75 Å². The Kier molecular flexibility index (Phi) is 5.26. The number of fused-ring (bicyclic) bond motifs is 1. The van der Waals surface area contributed by atoms with E-state index in [1.165, 1.54) is 0 Å². The second-order valence-corrected chi connectivity index (χ2v) is 5.44. The molecule has 1 fully saturated rings. The van der Waals surface area contributed by atoms with E-state index < -0.39 is 0 Å². The van der Waals surface area contributed by atoms with Crippen molar-refractivity contribution >= 4 is 35.6 Å². The summed E-state index contributed by atoms with van der Waals surface area (Å²) >= 11 is 0.